The molecule has 192 valence electrons. The molecule has 1 fully saturated rings. The highest BCUT2D eigenvalue weighted by Crippen LogP contribution is 2.57. The van der Waals surface area contributed by atoms with Crippen molar-refractivity contribution in [1.29, 1.82) is 0 Å². The van der Waals surface area contributed by atoms with Crippen molar-refractivity contribution in [2.75, 3.05) is 11.9 Å². The van der Waals surface area contributed by atoms with Crippen molar-refractivity contribution in [1.82, 2.24) is 15.0 Å². The predicted molar refractivity (Wildman–Crippen MR) is 157 cm³/mol. The molecular formula is C35H32N4. The molecule has 7 rings (SSSR count). The third-order valence-corrected chi connectivity index (χ3v) is 8.81. The van der Waals surface area contributed by atoms with Gasteiger partial charge in [-0.2, -0.15) is 0 Å². The number of rotatable bonds is 4. The van der Waals surface area contributed by atoms with E-state index in [2.05, 4.69) is 107 Å². The average Bonchev–Trinajstić information content (AvgIpc) is 3.03. The minimum absolute atomic E-state index is 0.525. The van der Waals surface area contributed by atoms with Crippen molar-refractivity contribution < 1.29 is 0 Å². The summed E-state index contributed by atoms with van der Waals surface area (Å²) in [6.07, 6.45) is 16.3. The highest BCUT2D eigenvalue weighted by Gasteiger charge is 2.46. The maximum atomic E-state index is 5.07. The van der Waals surface area contributed by atoms with Crippen LogP contribution in [-0.4, -0.2) is 22.0 Å². The minimum Gasteiger partial charge on any atom is -0.344 e. The van der Waals surface area contributed by atoms with Crippen LogP contribution >= 0.6 is 0 Å². The standard InChI is InChI=1S/C35H32N4/c1-39-33-13-6-5-11-30(33)35(27-16-20-36-21-17-27,28-18-22-37-23-19-28)31-12-7-10-29(34(31)39)32-15-14-26(24-38-32)25-8-3-2-4-9-25/h5-7,10-25H,2-4,8-9H2,1H3. The van der Waals surface area contributed by atoms with Gasteiger partial charge < -0.3 is 4.90 Å². The fourth-order valence-electron chi connectivity index (χ4n) is 7.00. The summed E-state index contributed by atoms with van der Waals surface area (Å²) in [5.74, 6) is 0.644. The number of aromatic nitrogens is 3. The Morgan fingerprint density at radius 3 is 2.03 bits per heavy atom. The van der Waals surface area contributed by atoms with E-state index in [4.69, 9.17) is 4.98 Å². The number of para-hydroxylation sites is 2. The summed E-state index contributed by atoms with van der Waals surface area (Å²) < 4.78 is 0. The zero-order valence-corrected chi connectivity index (χ0v) is 22.3. The summed E-state index contributed by atoms with van der Waals surface area (Å²) in [6.45, 7) is 0. The Morgan fingerprint density at radius 1 is 0.692 bits per heavy atom. The molecule has 0 bridgehead atoms. The van der Waals surface area contributed by atoms with Crippen LogP contribution in [0.2, 0.25) is 0 Å². The number of hydrogen-bond donors (Lipinski definition) is 0. The Morgan fingerprint density at radius 2 is 1.36 bits per heavy atom. The Hall–Kier alpha value is -4.31. The van der Waals surface area contributed by atoms with Gasteiger partial charge in [0.1, 0.15) is 0 Å². The second-order valence-electron chi connectivity index (χ2n) is 10.8. The van der Waals surface area contributed by atoms with Crippen LogP contribution in [0.3, 0.4) is 0 Å². The molecule has 3 aromatic heterocycles. The third kappa shape index (κ3) is 3.77. The third-order valence-electron chi connectivity index (χ3n) is 8.81. The first-order valence-electron chi connectivity index (χ1n) is 14.0. The molecule has 0 unspecified atom stereocenters. The number of pyridine rings is 3. The second kappa shape index (κ2) is 9.77. The molecule has 0 spiro atoms. The highest BCUT2D eigenvalue weighted by atomic mass is 15.1. The van der Waals surface area contributed by atoms with E-state index in [1.54, 1.807) is 0 Å². The van der Waals surface area contributed by atoms with E-state index in [1.165, 1.54) is 71.3 Å². The number of benzene rings is 2. The van der Waals surface area contributed by atoms with E-state index in [9.17, 15) is 0 Å². The number of hydrogen-bond acceptors (Lipinski definition) is 4. The Bertz CT molecular complexity index is 1550. The summed E-state index contributed by atoms with van der Waals surface area (Å²) in [5, 5.41) is 0. The van der Waals surface area contributed by atoms with Gasteiger partial charge in [-0.05, 0) is 83.0 Å². The van der Waals surface area contributed by atoms with E-state index in [0.717, 1.165) is 11.3 Å². The monoisotopic (exact) mass is 508 g/mol. The summed E-state index contributed by atoms with van der Waals surface area (Å²) in [4.78, 5) is 16.2. The molecule has 5 aromatic rings. The van der Waals surface area contributed by atoms with Gasteiger partial charge in [-0.15, -0.1) is 0 Å². The maximum absolute atomic E-state index is 5.07. The average molecular weight is 509 g/mol. The van der Waals surface area contributed by atoms with Gasteiger partial charge in [0.05, 0.1) is 16.8 Å². The normalized spacial score (nSPS) is 16.4. The lowest BCUT2D eigenvalue weighted by Gasteiger charge is -2.46. The van der Waals surface area contributed by atoms with Crippen LogP contribution in [0.15, 0.2) is 110 Å². The molecule has 2 aromatic carbocycles. The zero-order chi connectivity index (χ0) is 26.2. The van der Waals surface area contributed by atoms with E-state index in [-0.39, 0.29) is 0 Å². The smallest absolute Gasteiger partial charge is 0.0744 e. The highest BCUT2D eigenvalue weighted by molar-refractivity contribution is 5.91. The van der Waals surface area contributed by atoms with Crippen LogP contribution in [0.4, 0.5) is 11.4 Å². The quantitative estimate of drug-likeness (QED) is 0.246. The lowest BCUT2D eigenvalue weighted by atomic mass is 9.62. The molecule has 4 heteroatoms. The van der Waals surface area contributed by atoms with Crippen molar-refractivity contribution in [2.24, 2.45) is 0 Å². The van der Waals surface area contributed by atoms with Gasteiger partial charge in [-0.1, -0.05) is 61.7 Å². The lowest BCUT2D eigenvalue weighted by molar-refractivity contribution is 0.443. The molecule has 0 N–H and O–H groups in total. The maximum Gasteiger partial charge on any atom is 0.0744 e. The van der Waals surface area contributed by atoms with E-state index < -0.39 is 5.41 Å². The predicted octanol–water partition coefficient (Wildman–Crippen LogP) is 8.05. The van der Waals surface area contributed by atoms with Crippen LogP contribution < -0.4 is 4.90 Å². The van der Waals surface area contributed by atoms with Gasteiger partial charge in [0.2, 0.25) is 0 Å². The van der Waals surface area contributed by atoms with Gasteiger partial charge in [0.25, 0.3) is 0 Å². The molecule has 1 aliphatic carbocycles. The molecule has 39 heavy (non-hydrogen) atoms. The number of nitrogens with zero attached hydrogens (tertiary/aromatic N) is 4. The van der Waals surface area contributed by atoms with Crippen molar-refractivity contribution in [3.63, 3.8) is 0 Å². The number of fused-ring (bicyclic) bond motifs is 2. The van der Waals surface area contributed by atoms with Crippen LogP contribution in [0.1, 0.15) is 65.8 Å². The number of anilines is 2. The Labute approximate surface area is 230 Å². The molecule has 2 aliphatic rings. The van der Waals surface area contributed by atoms with E-state index in [0.29, 0.717) is 5.92 Å². The van der Waals surface area contributed by atoms with Gasteiger partial charge >= 0.3 is 0 Å². The van der Waals surface area contributed by atoms with Gasteiger partial charge in [-0.3, -0.25) is 15.0 Å². The first-order valence-corrected chi connectivity index (χ1v) is 14.0. The van der Waals surface area contributed by atoms with Crippen LogP contribution in [-0.2, 0) is 5.41 Å². The molecule has 1 aliphatic heterocycles. The van der Waals surface area contributed by atoms with Crippen molar-refractivity contribution >= 4 is 11.4 Å². The van der Waals surface area contributed by atoms with Gasteiger partial charge in [-0.25, -0.2) is 0 Å². The van der Waals surface area contributed by atoms with Crippen molar-refractivity contribution in [2.45, 2.75) is 43.4 Å². The summed E-state index contributed by atoms with van der Waals surface area (Å²) in [5.41, 5.74) is 10.2. The van der Waals surface area contributed by atoms with Crippen LogP contribution in [0.25, 0.3) is 11.3 Å². The van der Waals surface area contributed by atoms with E-state index in [1.807, 2.05) is 24.8 Å². The molecule has 1 saturated carbocycles. The molecule has 0 amide bonds. The first kappa shape index (κ1) is 23.8. The molecule has 0 radical (unpaired) electrons. The minimum atomic E-state index is -0.525. The van der Waals surface area contributed by atoms with Crippen molar-refractivity contribution in [3.05, 3.63) is 138 Å². The van der Waals surface area contributed by atoms with Gasteiger partial charge in [0.15, 0.2) is 0 Å². The van der Waals surface area contributed by atoms with Gasteiger partial charge in [0, 0.05) is 49.3 Å². The molecule has 0 atom stereocenters. The van der Waals surface area contributed by atoms with Crippen LogP contribution in [0, 0.1) is 0 Å². The first-order chi connectivity index (χ1) is 19.3. The zero-order valence-electron chi connectivity index (χ0n) is 22.3. The Kier molecular flexibility index (Phi) is 5.96. The molecular weight excluding hydrogens is 476 g/mol. The summed E-state index contributed by atoms with van der Waals surface area (Å²) >= 11 is 0. The molecule has 0 saturated heterocycles. The SMILES string of the molecule is CN1c2ccccc2C(c2ccncc2)(c2ccncc2)c2cccc(-c3ccc(C4CCCCC4)cn3)c21. The fraction of sp³-hybridized carbons (Fsp3) is 0.229. The Balaban J connectivity index is 1.48. The second-order valence-corrected chi connectivity index (χ2v) is 10.8. The van der Waals surface area contributed by atoms with Crippen molar-refractivity contribution in [3.8, 4) is 11.3 Å². The van der Waals surface area contributed by atoms with Crippen LogP contribution in [0.5, 0.6) is 0 Å². The topological polar surface area (TPSA) is 41.9 Å². The lowest BCUT2D eigenvalue weighted by Crippen LogP contribution is -2.38. The summed E-state index contributed by atoms with van der Waals surface area (Å²) in [7, 11) is 2.18. The largest absolute Gasteiger partial charge is 0.344 e. The van der Waals surface area contributed by atoms with E-state index >= 15 is 0 Å². The fourth-order valence-corrected chi connectivity index (χ4v) is 7.00. The summed E-state index contributed by atoms with van der Waals surface area (Å²) in [6, 6.07) is 28.6. The molecule has 4 nitrogen and oxygen atoms in total. The molecule has 4 heterocycles.